The number of hydrogen-bond donors (Lipinski definition) is 2. The third kappa shape index (κ3) is 4.10. The summed E-state index contributed by atoms with van der Waals surface area (Å²) in [5.74, 6) is 0. The lowest BCUT2D eigenvalue weighted by Crippen LogP contribution is -2.25. The molecular formula is C16H10N4S2. The lowest BCUT2D eigenvalue weighted by molar-refractivity contribution is 1.48. The Morgan fingerprint density at radius 2 is 1.00 bits per heavy atom. The molecule has 0 saturated heterocycles. The average Bonchev–Trinajstić information content (AvgIpc) is 2.56. The number of nitrogens with zero attached hydrogens (tertiary/aromatic N) is 2. The van der Waals surface area contributed by atoms with Gasteiger partial charge in [-0.25, -0.2) is 0 Å². The van der Waals surface area contributed by atoms with E-state index in [0.29, 0.717) is 21.1 Å². The van der Waals surface area contributed by atoms with E-state index in [1.54, 1.807) is 48.5 Å². The van der Waals surface area contributed by atoms with E-state index < -0.39 is 0 Å². The Labute approximate surface area is 139 Å². The molecule has 0 bridgehead atoms. The molecule has 0 aliphatic carbocycles. The van der Waals surface area contributed by atoms with Crippen molar-refractivity contribution in [3.63, 3.8) is 0 Å². The molecule has 0 saturated carbocycles. The van der Waals surface area contributed by atoms with Crippen molar-refractivity contribution in [3.8, 4) is 12.1 Å². The maximum Gasteiger partial charge on any atom is 0.138 e. The van der Waals surface area contributed by atoms with Gasteiger partial charge in [-0.3, -0.25) is 0 Å². The number of rotatable bonds is 2. The van der Waals surface area contributed by atoms with Gasteiger partial charge in [-0.05, 0) is 48.5 Å². The second-order valence-electron chi connectivity index (χ2n) is 4.29. The first-order valence-corrected chi connectivity index (χ1v) is 7.06. The van der Waals surface area contributed by atoms with Gasteiger partial charge in [0.05, 0.1) is 23.3 Å². The number of nitrogens with one attached hydrogen (secondary N) is 2. The van der Waals surface area contributed by atoms with Gasteiger partial charge in [-0.1, -0.05) is 24.4 Å². The molecule has 0 aliphatic heterocycles. The highest BCUT2D eigenvalue weighted by Gasteiger charge is 2.06. The molecule has 22 heavy (non-hydrogen) atoms. The highest BCUT2D eigenvalue weighted by molar-refractivity contribution is 7.89. The third-order valence-electron chi connectivity index (χ3n) is 2.75. The van der Waals surface area contributed by atoms with E-state index >= 15 is 0 Å². The van der Waals surface area contributed by atoms with E-state index in [9.17, 15) is 0 Å². The second-order valence-corrected chi connectivity index (χ2v) is 5.10. The number of anilines is 2. The van der Waals surface area contributed by atoms with E-state index in [0.717, 1.165) is 11.4 Å². The van der Waals surface area contributed by atoms with Crippen molar-refractivity contribution in [3.05, 3.63) is 59.7 Å². The monoisotopic (exact) mass is 322 g/mol. The first-order valence-electron chi connectivity index (χ1n) is 6.25. The van der Waals surface area contributed by atoms with Crippen LogP contribution in [0.1, 0.15) is 11.1 Å². The van der Waals surface area contributed by atoms with Crippen LogP contribution in [0.25, 0.3) is 0 Å². The van der Waals surface area contributed by atoms with Gasteiger partial charge in [0.1, 0.15) is 9.98 Å². The Morgan fingerprint density at radius 1 is 0.682 bits per heavy atom. The predicted octanol–water partition coefficient (Wildman–Crippen LogP) is 3.61. The highest BCUT2D eigenvalue weighted by Crippen LogP contribution is 2.12. The summed E-state index contributed by atoms with van der Waals surface area (Å²) in [5.41, 5.74) is 2.67. The highest BCUT2D eigenvalue weighted by atomic mass is 32.1. The Hall–Kier alpha value is -2.80. The van der Waals surface area contributed by atoms with Gasteiger partial charge in [-0.15, -0.1) is 0 Å². The second kappa shape index (κ2) is 7.28. The van der Waals surface area contributed by atoms with Crippen LogP contribution >= 0.6 is 24.4 Å². The average molecular weight is 322 g/mol. The standard InChI is InChI=1S/C16H10N4S2/c17-9-11-1-5-13(6-2-11)19-15(21)16(22)20-14-7-3-12(10-18)4-8-14/h1-8H,(H,19,21)(H,20,22). The zero-order valence-electron chi connectivity index (χ0n) is 11.3. The lowest BCUT2D eigenvalue weighted by Gasteiger charge is -2.11. The minimum atomic E-state index is 0.379. The van der Waals surface area contributed by atoms with Crippen molar-refractivity contribution in [2.24, 2.45) is 0 Å². The summed E-state index contributed by atoms with van der Waals surface area (Å²) >= 11 is 10.5. The van der Waals surface area contributed by atoms with E-state index in [1.165, 1.54) is 0 Å². The van der Waals surface area contributed by atoms with E-state index in [-0.39, 0.29) is 0 Å². The molecule has 2 rings (SSSR count). The fourth-order valence-electron chi connectivity index (χ4n) is 1.63. The molecule has 0 unspecified atom stereocenters. The van der Waals surface area contributed by atoms with Gasteiger partial charge in [-0.2, -0.15) is 10.5 Å². The van der Waals surface area contributed by atoms with Gasteiger partial charge >= 0.3 is 0 Å². The zero-order chi connectivity index (χ0) is 15.9. The van der Waals surface area contributed by atoms with Crippen LogP contribution in [0.15, 0.2) is 48.5 Å². The number of benzene rings is 2. The number of thiocarbonyl (C=S) groups is 2. The summed E-state index contributed by atoms with van der Waals surface area (Å²) in [5, 5.41) is 23.5. The van der Waals surface area contributed by atoms with Gasteiger partial charge in [0.2, 0.25) is 0 Å². The topological polar surface area (TPSA) is 71.6 Å². The molecule has 0 radical (unpaired) electrons. The summed E-state index contributed by atoms with van der Waals surface area (Å²) in [4.78, 5) is 0.758. The van der Waals surface area contributed by atoms with Crippen LogP contribution in [-0.4, -0.2) is 9.98 Å². The first-order chi connectivity index (χ1) is 10.6. The predicted molar refractivity (Wildman–Crippen MR) is 94.8 cm³/mol. The number of nitriles is 2. The Bertz CT molecular complexity index is 711. The summed E-state index contributed by atoms with van der Waals surface area (Å²) in [6.07, 6.45) is 0. The molecule has 2 aromatic carbocycles. The van der Waals surface area contributed by atoms with E-state index in [2.05, 4.69) is 22.8 Å². The fraction of sp³-hybridized carbons (Fsp3) is 0. The fourth-order valence-corrected chi connectivity index (χ4v) is 1.97. The third-order valence-corrected chi connectivity index (χ3v) is 3.49. The van der Waals surface area contributed by atoms with Crippen LogP contribution in [0.2, 0.25) is 0 Å². The maximum atomic E-state index is 8.75. The van der Waals surface area contributed by atoms with Crippen LogP contribution in [0.4, 0.5) is 11.4 Å². The molecule has 0 amide bonds. The molecule has 0 spiro atoms. The van der Waals surface area contributed by atoms with Crippen molar-refractivity contribution < 1.29 is 0 Å². The molecule has 0 aromatic heterocycles. The SMILES string of the molecule is N#Cc1ccc(NC(=S)C(=S)Nc2ccc(C#N)cc2)cc1. The van der Waals surface area contributed by atoms with Crippen molar-refractivity contribution in [1.82, 2.24) is 0 Å². The summed E-state index contributed by atoms with van der Waals surface area (Å²) in [7, 11) is 0. The van der Waals surface area contributed by atoms with Crippen LogP contribution in [0.5, 0.6) is 0 Å². The van der Waals surface area contributed by atoms with E-state index in [4.69, 9.17) is 35.0 Å². The lowest BCUT2D eigenvalue weighted by atomic mass is 10.2. The minimum absolute atomic E-state index is 0.379. The largest absolute Gasteiger partial charge is 0.344 e. The van der Waals surface area contributed by atoms with Crippen molar-refractivity contribution in [2.75, 3.05) is 10.6 Å². The molecule has 6 heteroatoms. The summed E-state index contributed by atoms with van der Waals surface area (Å²) in [6, 6.07) is 17.9. The molecule has 0 heterocycles. The molecule has 0 fully saturated rings. The summed E-state index contributed by atoms with van der Waals surface area (Å²) in [6.45, 7) is 0. The summed E-state index contributed by atoms with van der Waals surface area (Å²) < 4.78 is 0. The van der Waals surface area contributed by atoms with Gasteiger partial charge in [0, 0.05) is 11.4 Å². The molecule has 106 valence electrons. The Balaban J connectivity index is 1.98. The van der Waals surface area contributed by atoms with Crippen LogP contribution in [0.3, 0.4) is 0 Å². The van der Waals surface area contributed by atoms with Crippen LogP contribution in [0, 0.1) is 22.7 Å². The van der Waals surface area contributed by atoms with Gasteiger partial charge < -0.3 is 10.6 Å². The first kappa shape index (κ1) is 15.6. The van der Waals surface area contributed by atoms with Crippen molar-refractivity contribution >= 4 is 45.8 Å². The number of hydrogen-bond acceptors (Lipinski definition) is 4. The zero-order valence-corrected chi connectivity index (χ0v) is 13.0. The molecule has 4 nitrogen and oxygen atoms in total. The quantitative estimate of drug-likeness (QED) is 0.823. The van der Waals surface area contributed by atoms with Crippen LogP contribution in [-0.2, 0) is 0 Å². The molecule has 2 aromatic rings. The Morgan fingerprint density at radius 3 is 1.27 bits per heavy atom. The smallest absolute Gasteiger partial charge is 0.138 e. The maximum absolute atomic E-state index is 8.75. The van der Waals surface area contributed by atoms with Crippen molar-refractivity contribution in [1.29, 1.82) is 10.5 Å². The Kier molecular flexibility index (Phi) is 5.16. The minimum Gasteiger partial charge on any atom is -0.344 e. The van der Waals surface area contributed by atoms with E-state index in [1.807, 2.05) is 0 Å². The molecular weight excluding hydrogens is 312 g/mol. The van der Waals surface area contributed by atoms with Crippen molar-refractivity contribution in [2.45, 2.75) is 0 Å². The van der Waals surface area contributed by atoms with Gasteiger partial charge in [0.15, 0.2) is 0 Å². The molecule has 0 atom stereocenters. The normalized spacial score (nSPS) is 9.18. The van der Waals surface area contributed by atoms with Crippen LogP contribution < -0.4 is 10.6 Å². The molecule has 0 aliphatic rings. The van der Waals surface area contributed by atoms with Gasteiger partial charge in [0.25, 0.3) is 0 Å². The molecule has 2 N–H and O–H groups in total.